The molecule has 0 unspecified atom stereocenters. The number of carbonyl (C=O) groups is 1. The van der Waals surface area contributed by atoms with Gasteiger partial charge in [-0.05, 0) is 37.5 Å². The van der Waals surface area contributed by atoms with Crippen molar-refractivity contribution in [2.75, 3.05) is 0 Å². The SMILES string of the molecule is C[C@H](C(=O)NC1CC1)c1ccc(Br)cc1. The summed E-state index contributed by atoms with van der Waals surface area (Å²) >= 11 is 3.38. The van der Waals surface area contributed by atoms with Crippen LogP contribution < -0.4 is 5.32 Å². The van der Waals surface area contributed by atoms with Crippen molar-refractivity contribution in [1.29, 1.82) is 0 Å². The second-order valence-corrected chi connectivity index (χ2v) is 4.97. The summed E-state index contributed by atoms with van der Waals surface area (Å²) in [5, 5.41) is 3.02. The van der Waals surface area contributed by atoms with Gasteiger partial charge in [0.2, 0.25) is 5.91 Å². The van der Waals surface area contributed by atoms with Crippen LogP contribution in [0.3, 0.4) is 0 Å². The van der Waals surface area contributed by atoms with E-state index in [9.17, 15) is 4.79 Å². The molecule has 1 aliphatic carbocycles. The molecule has 1 amide bonds. The second-order valence-electron chi connectivity index (χ2n) is 4.06. The van der Waals surface area contributed by atoms with E-state index in [0.717, 1.165) is 22.9 Å². The van der Waals surface area contributed by atoms with E-state index >= 15 is 0 Å². The van der Waals surface area contributed by atoms with Gasteiger partial charge in [0, 0.05) is 10.5 Å². The Balaban J connectivity index is 2.02. The highest BCUT2D eigenvalue weighted by Gasteiger charge is 2.25. The smallest absolute Gasteiger partial charge is 0.227 e. The van der Waals surface area contributed by atoms with Gasteiger partial charge in [0.1, 0.15) is 0 Å². The summed E-state index contributed by atoms with van der Waals surface area (Å²) in [6, 6.07) is 8.35. The van der Waals surface area contributed by atoms with Crippen LogP contribution in [-0.4, -0.2) is 11.9 Å². The van der Waals surface area contributed by atoms with Crippen molar-refractivity contribution >= 4 is 21.8 Å². The lowest BCUT2D eigenvalue weighted by atomic mass is 10.0. The molecule has 0 heterocycles. The van der Waals surface area contributed by atoms with Crippen LogP contribution in [0.2, 0.25) is 0 Å². The number of nitrogens with one attached hydrogen (secondary N) is 1. The Labute approximate surface area is 98.2 Å². The zero-order chi connectivity index (χ0) is 10.8. The predicted octanol–water partition coefficient (Wildman–Crippen LogP) is 2.83. The maximum atomic E-state index is 11.8. The number of halogens is 1. The molecule has 0 radical (unpaired) electrons. The van der Waals surface area contributed by atoms with Crippen molar-refractivity contribution in [3.63, 3.8) is 0 Å². The van der Waals surface area contributed by atoms with Crippen LogP contribution in [0.25, 0.3) is 0 Å². The average molecular weight is 268 g/mol. The fourth-order valence-corrected chi connectivity index (χ4v) is 1.72. The number of carbonyl (C=O) groups excluding carboxylic acids is 1. The quantitative estimate of drug-likeness (QED) is 0.897. The molecule has 1 aliphatic rings. The van der Waals surface area contributed by atoms with Crippen LogP contribution in [-0.2, 0) is 4.79 Å². The summed E-state index contributed by atoms with van der Waals surface area (Å²) in [7, 11) is 0. The molecule has 0 saturated heterocycles. The number of amides is 1. The number of hydrogen-bond donors (Lipinski definition) is 1. The summed E-state index contributed by atoms with van der Waals surface area (Å²) in [5.74, 6) is 0.0820. The highest BCUT2D eigenvalue weighted by atomic mass is 79.9. The minimum atomic E-state index is -0.0568. The molecule has 15 heavy (non-hydrogen) atoms. The van der Waals surface area contributed by atoms with Crippen molar-refractivity contribution in [2.24, 2.45) is 0 Å². The van der Waals surface area contributed by atoms with Gasteiger partial charge in [-0.2, -0.15) is 0 Å². The third kappa shape index (κ3) is 2.81. The van der Waals surface area contributed by atoms with Gasteiger partial charge in [0.25, 0.3) is 0 Å². The first-order chi connectivity index (χ1) is 7.16. The fraction of sp³-hybridized carbons (Fsp3) is 0.417. The molecule has 3 heteroatoms. The van der Waals surface area contributed by atoms with Crippen molar-refractivity contribution in [3.8, 4) is 0 Å². The molecule has 1 saturated carbocycles. The van der Waals surface area contributed by atoms with Crippen molar-refractivity contribution < 1.29 is 4.79 Å². The van der Waals surface area contributed by atoms with Gasteiger partial charge in [0.05, 0.1) is 5.92 Å². The van der Waals surface area contributed by atoms with Crippen LogP contribution in [0, 0.1) is 0 Å². The Kier molecular flexibility index (Phi) is 3.10. The number of hydrogen-bond acceptors (Lipinski definition) is 1. The van der Waals surface area contributed by atoms with Gasteiger partial charge in [-0.15, -0.1) is 0 Å². The normalized spacial score (nSPS) is 17.2. The molecule has 0 aliphatic heterocycles. The van der Waals surface area contributed by atoms with Crippen LogP contribution in [0.5, 0.6) is 0 Å². The lowest BCUT2D eigenvalue weighted by Gasteiger charge is -2.11. The minimum absolute atomic E-state index is 0.0568. The van der Waals surface area contributed by atoms with Gasteiger partial charge >= 0.3 is 0 Å². The zero-order valence-electron chi connectivity index (χ0n) is 8.66. The summed E-state index contributed by atoms with van der Waals surface area (Å²) in [6.45, 7) is 1.95. The molecule has 1 aromatic rings. The van der Waals surface area contributed by atoms with E-state index in [-0.39, 0.29) is 11.8 Å². The summed E-state index contributed by atoms with van der Waals surface area (Å²) < 4.78 is 1.04. The van der Waals surface area contributed by atoms with Crippen molar-refractivity contribution in [2.45, 2.75) is 31.7 Å². The van der Waals surface area contributed by atoms with Crippen LogP contribution in [0.15, 0.2) is 28.7 Å². The standard InChI is InChI=1S/C12H14BrNO/c1-8(12(15)14-11-6-7-11)9-2-4-10(13)5-3-9/h2-5,8,11H,6-7H2,1H3,(H,14,15)/t8-/m0/s1. The number of rotatable bonds is 3. The molecule has 0 aromatic heterocycles. The summed E-state index contributed by atoms with van der Waals surface area (Å²) in [5.41, 5.74) is 1.07. The predicted molar refractivity (Wildman–Crippen MR) is 63.7 cm³/mol. The Hall–Kier alpha value is -0.830. The largest absolute Gasteiger partial charge is 0.353 e. The third-order valence-corrected chi connectivity index (χ3v) is 3.22. The van der Waals surface area contributed by atoms with Crippen LogP contribution in [0.1, 0.15) is 31.2 Å². The summed E-state index contributed by atoms with van der Waals surface area (Å²) in [6.07, 6.45) is 2.28. The Morgan fingerprint density at radius 2 is 2.00 bits per heavy atom. The molecular weight excluding hydrogens is 254 g/mol. The highest BCUT2D eigenvalue weighted by molar-refractivity contribution is 9.10. The molecule has 2 nitrogen and oxygen atoms in total. The zero-order valence-corrected chi connectivity index (χ0v) is 10.3. The Morgan fingerprint density at radius 1 is 1.40 bits per heavy atom. The van der Waals surface area contributed by atoms with E-state index in [2.05, 4.69) is 21.2 Å². The average Bonchev–Trinajstić information content (AvgIpc) is 3.02. The maximum absolute atomic E-state index is 11.8. The molecule has 1 fully saturated rings. The first-order valence-corrected chi connectivity index (χ1v) is 6.02. The lowest BCUT2D eigenvalue weighted by molar-refractivity contribution is -0.122. The molecular formula is C12H14BrNO. The van der Waals surface area contributed by atoms with E-state index in [0.29, 0.717) is 6.04 Å². The van der Waals surface area contributed by atoms with E-state index in [1.807, 2.05) is 31.2 Å². The van der Waals surface area contributed by atoms with Crippen molar-refractivity contribution in [3.05, 3.63) is 34.3 Å². The minimum Gasteiger partial charge on any atom is -0.353 e. The molecule has 1 atom stereocenters. The molecule has 0 spiro atoms. The summed E-state index contributed by atoms with van der Waals surface area (Å²) in [4.78, 5) is 11.8. The van der Waals surface area contributed by atoms with E-state index in [1.54, 1.807) is 0 Å². The first kappa shape index (κ1) is 10.7. The van der Waals surface area contributed by atoms with Gasteiger partial charge in [-0.3, -0.25) is 4.79 Å². The van der Waals surface area contributed by atoms with E-state index in [1.165, 1.54) is 0 Å². The van der Waals surface area contributed by atoms with E-state index < -0.39 is 0 Å². The highest BCUT2D eigenvalue weighted by Crippen LogP contribution is 2.22. The second kappa shape index (κ2) is 4.35. The Bertz CT molecular complexity index is 356. The molecule has 1 aromatic carbocycles. The lowest BCUT2D eigenvalue weighted by Crippen LogP contribution is -2.29. The van der Waals surface area contributed by atoms with Gasteiger partial charge in [-0.25, -0.2) is 0 Å². The van der Waals surface area contributed by atoms with E-state index in [4.69, 9.17) is 0 Å². The van der Waals surface area contributed by atoms with Crippen molar-refractivity contribution in [1.82, 2.24) is 5.32 Å². The van der Waals surface area contributed by atoms with Crippen LogP contribution in [0.4, 0.5) is 0 Å². The van der Waals surface area contributed by atoms with Gasteiger partial charge in [-0.1, -0.05) is 28.1 Å². The molecule has 1 N–H and O–H groups in total. The number of benzene rings is 1. The first-order valence-electron chi connectivity index (χ1n) is 5.22. The fourth-order valence-electron chi connectivity index (χ4n) is 1.46. The maximum Gasteiger partial charge on any atom is 0.227 e. The van der Waals surface area contributed by atoms with Gasteiger partial charge in [0.15, 0.2) is 0 Å². The molecule has 80 valence electrons. The monoisotopic (exact) mass is 267 g/mol. The van der Waals surface area contributed by atoms with Crippen LogP contribution >= 0.6 is 15.9 Å². The molecule has 2 rings (SSSR count). The molecule has 0 bridgehead atoms. The topological polar surface area (TPSA) is 29.1 Å². The van der Waals surface area contributed by atoms with Gasteiger partial charge < -0.3 is 5.32 Å². The third-order valence-electron chi connectivity index (χ3n) is 2.69. The Morgan fingerprint density at radius 3 is 2.53 bits per heavy atom.